The van der Waals surface area contributed by atoms with Crippen molar-refractivity contribution in [3.8, 4) is 0 Å². The van der Waals surface area contributed by atoms with Crippen molar-refractivity contribution in [2.45, 2.75) is 0 Å². The Labute approximate surface area is 103 Å². The van der Waals surface area contributed by atoms with E-state index in [0.717, 1.165) is 16.6 Å². The lowest BCUT2D eigenvalue weighted by Gasteiger charge is -2.08. The van der Waals surface area contributed by atoms with Crippen LogP contribution in [0.2, 0.25) is 0 Å². The van der Waals surface area contributed by atoms with Gasteiger partial charge in [0.2, 0.25) is 0 Å². The van der Waals surface area contributed by atoms with Crippen molar-refractivity contribution in [3.05, 3.63) is 55.2 Å². The third kappa shape index (κ3) is 1.82. The largest absolute Gasteiger partial charge is 0.331 e. The summed E-state index contributed by atoms with van der Waals surface area (Å²) in [6.07, 6.45) is 6.34. The smallest absolute Gasteiger partial charge is 0.307 e. The molecule has 2 heterocycles. The zero-order valence-corrected chi connectivity index (χ0v) is 9.45. The number of anilines is 1. The van der Waals surface area contributed by atoms with Crippen molar-refractivity contribution in [2.75, 3.05) is 5.32 Å². The zero-order chi connectivity index (χ0) is 12.4. The van der Waals surface area contributed by atoms with Gasteiger partial charge in [-0.2, -0.15) is 0 Å². The van der Waals surface area contributed by atoms with Crippen molar-refractivity contribution < 1.29 is 4.79 Å². The number of nitrogens with one attached hydrogen (secondary N) is 1. The molecule has 0 saturated heterocycles. The first-order chi connectivity index (χ1) is 8.84. The van der Waals surface area contributed by atoms with Crippen LogP contribution in [0, 0.1) is 0 Å². The summed E-state index contributed by atoms with van der Waals surface area (Å²) in [5.41, 5.74) is 1.58. The molecule has 0 atom stereocenters. The number of pyridine rings is 1. The molecule has 0 radical (unpaired) electrons. The number of carbonyl (C=O) groups is 1. The van der Waals surface area contributed by atoms with Crippen molar-refractivity contribution in [1.29, 1.82) is 0 Å². The normalized spacial score (nSPS) is 10.4. The van der Waals surface area contributed by atoms with E-state index in [1.165, 1.54) is 10.9 Å². The summed E-state index contributed by atoms with van der Waals surface area (Å²) in [7, 11) is 0. The fraction of sp³-hybridized carbons (Fsp3) is 0. The van der Waals surface area contributed by atoms with Crippen molar-refractivity contribution in [1.82, 2.24) is 14.5 Å². The van der Waals surface area contributed by atoms with Crippen molar-refractivity contribution in [3.63, 3.8) is 0 Å². The first kappa shape index (κ1) is 10.5. The van der Waals surface area contributed by atoms with E-state index in [0.29, 0.717) is 0 Å². The van der Waals surface area contributed by atoms with Gasteiger partial charge < -0.3 is 5.32 Å². The highest BCUT2D eigenvalue weighted by Crippen LogP contribution is 2.21. The maximum Gasteiger partial charge on any atom is 0.331 e. The average molecular weight is 238 g/mol. The molecule has 5 heteroatoms. The molecule has 1 amide bonds. The Morgan fingerprint density at radius 3 is 2.94 bits per heavy atom. The summed E-state index contributed by atoms with van der Waals surface area (Å²) in [5, 5.41) is 3.74. The van der Waals surface area contributed by atoms with Gasteiger partial charge in [0.25, 0.3) is 0 Å². The van der Waals surface area contributed by atoms with E-state index in [-0.39, 0.29) is 6.03 Å². The highest BCUT2D eigenvalue weighted by Gasteiger charge is 2.06. The Balaban J connectivity index is 1.98. The van der Waals surface area contributed by atoms with E-state index in [1.807, 2.05) is 30.3 Å². The minimum absolute atomic E-state index is 0.246. The number of amides is 1. The summed E-state index contributed by atoms with van der Waals surface area (Å²) in [5.74, 6) is 0. The minimum atomic E-state index is -0.246. The van der Waals surface area contributed by atoms with E-state index in [1.54, 1.807) is 18.6 Å². The van der Waals surface area contributed by atoms with E-state index in [9.17, 15) is 4.79 Å². The monoisotopic (exact) mass is 238 g/mol. The van der Waals surface area contributed by atoms with Gasteiger partial charge >= 0.3 is 6.03 Å². The Kier molecular flexibility index (Phi) is 2.49. The number of carbonyl (C=O) groups excluding carboxylic acids is 1. The fourth-order valence-corrected chi connectivity index (χ4v) is 1.77. The summed E-state index contributed by atoms with van der Waals surface area (Å²) < 4.78 is 1.38. The number of imidazole rings is 1. The number of hydrogen-bond acceptors (Lipinski definition) is 3. The highest BCUT2D eigenvalue weighted by molar-refractivity contribution is 6.00. The van der Waals surface area contributed by atoms with Gasteiger partial charge in [-0.15, -0.1) is 0 Å². The maximum absolute atomic E-state index is 11.9. The highest BCUT2D eigenvalue weighted by atomic mass is 16.2. The zero-order valence-electron chi connectivity index (χ0n) is 9.45. The predicted molar refractivity (Wildman–Crippen MR) is 68.4 cm³/mol. The molecule has 0 aliphatic carbocycles. The number of nitrogens with zero attached hydrogens (tertiary/aromatic N) is 3. The molecule has 0 saturated carbocycles. The lowest BCUT2D eigenvalue weighted by Crippen LogP contribution is -2.17. The number of hydrogen-bond donors (Lipinski definition) is 1. The number of rotatable bonds is 1. The van der Waals surface area contributed by atoms with Crippen LogP contribution in [-0.4, -0.2) is 20.6 Å². The Bertz CT molecular complexity index is 686. The van der Waals surface area contributed by atoms with Gasteiger partial charge in [-0.1, -0.05) is 6.07 Å². The second-order valence-electron chi connectivity index (χ2n) is 3.78. The van der Waals surface area contributed by atoms with E-state index < -0.39 is 0 Å². The molecule has 18 heavy (non-hydrogen) atoms. The molecule has 5 nitrogen and oxygen atoms in total. The molecule has 2 aromatic heterocycles. The molecular formula is C13H10N4O. The summed E-state index contributed by atoms with van der Waals surface area (Å²) in [4.78, 5) is 20.0. The van der Waals surface area contributed by atoms with E-state index >= 15 is 0 Å². The molecule has 0 fully saturated rings. The predicted octanol–water partition coefficient (Wildman–Crippen LogP) is 2.51. The van der Waals surface area contributed by atoms with Crippen LogP contribution < -0.4 is 5.32 Å². The standard InChI is InChI=1S/C13H10N4O/c18-13(17-8-7-14-9-17)16-12-5-1-4-11-10(12)3-2-6-15-11/h1-9H,(H,16,18). The van der Waals surface area contributed by atoms with Crippen LogP contribution in [0.5, 0.6) is 0 Å². The Morgan fingerprint density at radius 2 is 2.11 bits per heavy atom. The third-order valence-corrected chi connectivity index (χ3v) is 2.63. The number of fused-ring (bicyclic) bond motifs is 1. The molecule has 1 aromatic carbocycles. The van der Waals surface area contributed by atoms with Crippen LogP contribution in [-0.2, 0) is 0 Å². The second kappa shape index (κ2) is 4.29. The summed E-state index contributed by atoms with van der Waals surface area (Å²) >= 11 is 0. The Hall–Kier alpha value is -2.69. The fourth-order valence-electron chi connectivity index (χ4n) is 1.77. The molecule has 0 bridgehead atoms. The summed E-state index contributed by atoms with van der Waals surface area (Å²) in [6, 6.07) is 9.13. The quantitative estimate of drug-likeness (QED) is 0.708. The van der Waals surface area contributed by atoms with Crippen LogP contribution in [0.25, 0.3) is 10.9 Å². The molecular weight excluding hydrogens is 228 g/mol. The van der Waals surface area contributed by atoms with Crippen LogP contribution in [0.15, 0.2) is 55.2 Å². The topological polar surface area (TPSA) is 59.8 Å². The Morgan fingerprint density at radius 1 is 1.17 bits per heavy atom. The maximum atomic E-state index is 11.9. The average Bonchev–Trinajstić information content (AvgIpc) is 2.93. The van der Waals surface area contributed by atoms with Gasteiger partial charge in [-0.3, -0.25) is 9.55 Å². The lowest BCUT2D eigenvalue weighted by molar-refractivity contribution is 0.253. The second-order valence-corrected chi connectivity index (χ2v) is 3.78. The first-order valence-corrected chi connectivity index (χ1v) is 5.48. The van der Waals surface area contributed by atoms with Crippen LogP contribution in [0.3, 0.4) is 0 Å². The van der Waals surface area contributed by atoms with Crippen molar-refractivity contribution in [2.24, 2.45) is 0 Å². The molecule has 0 spiro atoms. The molecule has 3 aromatic rings. The molecule has 3 rings (SSSR count). The number of aromatic nitrogens is 3. The third-order valence-electron chi connectivity index (χ3n) is 2.63. The van der Waals surface area contributed by atoms with Crippen LogP contribution in [0.4, 0.5) is 10.5 Å². The summed E-state index contributed by atoms with van der Waals surface area (Å²) in [6.45, 7) is 0. The van der Waals surface area contributed by atoms with Gasteiger partial charge in [-0.05, 0) is 24.3 Å². The lowest BCUT2D eigenvalue weighted by atomic mass is 10.2. The van der Waals surface area contributed by atoms with Gasteiger partial charge in [0.05, 0.1) is 11.2 Å². The van der Waals surface area contributed by atoms with E-state index in [4.69, 9.17) is 0 Å². The first-order valence-electron chi connectivity index (χ1n) is 5.48. The van der Waals surface area contributed by atoms with Gasteiger partial charge in [0, 0.05) is 24.0 Å². The van der Waals surface area contributed by atoms with Crippen LogP contribution in [0.1, 0.15) is 0 Å². The molecule has 0 unspecified atom stereocenters. The minimum Gasteiger partial charge on any atom is -0.307 e. The van der Waals surface area contributed by atoms with E-state index in [2.05, 4.69) is 15.3 Å². The van der Waals surface area contributed by atoms with Gasteiger partial charge in [0.1, 0.15) is 6.33 Å². The molecule has 1 N–H and O–H groups in total. The number of benzene rings is 1. The van der Waals surface area contributed by atoms with Gasteiger partial charge in [0.15, 0.2) is 0 Å². The van der Waals surface area contributed by atoms with Crippen LogP contribution >= 0.6 is 0 Å². The molecule has 0 aliphatic heterocycles. The van der Waals surface area contributed by atoms with Gasteiger partial charge in [-0.25, -0.2) is 9.78 Å². The SMILES string of the molecule is O=C(Nc1cccc2ncccc12)n1ccnc1. The molecule has 88 valence electrons. The molecule has 0 aliphatic rings. The van der Waals surface area contributed by atoms with Crippen molar-refractivity contribution >= 4 is 22.6 Å².